The summed E-state index contributed by atoms with van der Waals surface area (Å²) >= 11 is 0. The van der Waals surface area contributed by atoms with Crippen molar-refractivity contribution in [3.05, 3.63) is 58.7 Å². The van der Waals surface area contributed by atoms with E-state index in [0.717, 1.165) is 17.3 Å². The maximum atomic E-state index is 13.7. The Balaban J connectivity index is 2.07. The predicted octanol–water partition coefficient (Wildman–Crippen LogP) is 4.58. The summed E-state index contributed by atoms with van der Waals surface area (Å²) in [7, 11) is 0. The first-order valence-electron chi connectivity index (χ1n) is 9.03. The molecule has 0 saturated heterocycles. The summed E-state index contributed by atoms with van der Waals surface area (Å²) in [6, 6.07) is 6.73. The van der Waals surface area contributed by atoms with Gasteiger partial charge in [0.25, 0.3) is 0 Å². The highest BCUT2D eigenvalue weighted by Crippen LogP contribution is 2.34. The number of hydrogen-bond donors (Lipinski definition) is 0. The van der Waals surface area contributed by atoms with Gasteiger partial charge in [-0.2, -0.15) is 23.3 Å². The van der Waals surface area contributed by atoms with E-state index in [4.69, 9.17) is 9.47 Å². The summed E-state index contributed by atoms with van der Waals surface area (Å²) < 4.78 is 52.2. The minimum atomic E-state index is -4.87. The summed E-state index contributed by atoms with van der Waals surface area (Å²) in [4.78, 5) is 20.1. The molecule has 0 unspecified atom stereocenters. The van der Waals surface area contributed by atoms with E-state index in [1.165, 1.54) is 19.9 Å². The Morgan fingerprint density at radius 1 is 1.07 bits per heavy atom. The summed E-state index contributed by atoms with van der Waals surface area (Å²) in [5.41, 5.74) is -0.0585. The van der Waals surface area contributed by atoms with E-state index in [1.807, 2.05) is 19.9 Å². The summed E-state index contributed by atoms with van der Waals surface area (Å²) in [6.45, 7) is 6.74. The molecule has 30 heavy (non-hydrogen) atoms. The van der Waals surface area contributed by atoms with Crippen LogP contribution in [-0.2, 0) is 10.9 Å². The molecule has 0 N–H and O–H groups in total. The fourth-order valence-electron chi connectivity index (χ4n) is 2.95. The maximum absolute atomic E-state index is 13.7. The Hall–Kier alpha value is -3.43. The lowest BCUT2D eigenvalue weighted by molar-refractivity contribution is -0.143. The van der Waals surface area contributed by atoms with Crippen LogP contribution < -0.4 is 4.74 Å². The summed E-state index contributed by atoms with van der Waals surface area (Å²) in [6.07, 6.45) is -4.06. The molecule has 0 aliphatic heterocycles. The molecular formula is C20H19F3N4O3. The largest absolute Gasteiger partial charge is 0.462 e. The van der Waals surface area contributed by atoms with Gasteiger partial charge in [-0.05, 0) is 51.0 Å². The average molecular weight is 420 g/mol. The average Bonchev–Trinajstić information content (AvgIpc) is 3.06. The van der Waals surface area contributed by atoms with E-state index in [2.05, 4.69) is 15.1 Å². The van der Waals surface area contributed by atoms with Gasteiger partial charge in [-0.15, -0.1) is 0 Å². The van der Waals surface area contributed by atoms with Crippen molar-refractivity contribution in [2.45, 2.75) is 33.9 Å². The number of alkyl halides is 3. The molecule has 10 heteroatoms. The Morgan fingerprint density at radius 2 is 1.73 bits per heavy atom. The molecule has 0 radical (unpaired) electrons. The molecule has 0 bridgehead atoms. The first-order valence-corrected chi connectivity index (χ1v) is 9.03. The van der Waals surface area contributed by atoms with Crippen LogP contribution in [0.1, 0.15) is 39.9 Å². The second-order valence-electron chi connectivity index (χ2n) is 6.57. The van der Waals surface area contributed by atoms with Crippen LogP contribution in [0.4, 0.5) is 13.2 Å². The minimum Gasteiger partial charge on any atom is -0.462 e. The summed E-state index contributed by atoms with van der Waals surface area (Å²) in [5.74, 6) is -0.601. The first kappa shape index (κ1) is 21.3. The van der Waals surface area contributed by atoms with Crippen molar-refractivity contribution in [1.29, 1.82) is 0 Å². The normalized spacial score (nSPS) is 11.4. The number of hydrogen-bond acceptors (Lipinski definition) is 6. The molecule has 3 aromatic rings. The molecule has 0 spiro atoms. The van der Waals surface area contributed by atoms with Gasteiger partial charge in [-0.25, -0.2) is 14.5 Å². The van der Waals surface area contributed by atoms with Crippen molar-refractivity contribution in [3.8, 4) is 17.4 Å². The topological polar surface area (TPSA) is 79.1 Å². The van der Waals surface area contributed by atoms with Crippen molar-refractivity contribution in [1.82, 2.24) is 19.7 Å². The number of ether oxygens (including phenoxy) is 2. The van der Waals surface area contributed by atoms with Crippen LogP contribution in [0.15, 0.2) is 30.5 Å². The SMILES string of the molecule is CCOC(=O)c1cnn(-c2cc(Oc3cc(C)cc(C)c3)nc(C)n2)c1C(F)(F)F. The van der Waals surface area contributed by atoms with E-state index in [0.29, 0.717) is 10.4 Å². The highest BCUT2D eigenvalue weighted by Gasteiger charge is 2.41. The highest BCUT2D eigenvalue weighted by molar-refractivity contribution is 5.90. The van der Waals surface area contributed by atoms with Crippen LogP contribution in [0.3, 0.4) is 0 Å². The molecule has 0 aliphatic carbocycles. The van der Waals surface area contributed by atoms with Crippen molar-refractivity contribution in [2.24, 2.45) is 0 Å². The van der Waals surface area contributed by atoms with E-state index in [9.17, 15) is 18.0 Å². The Kier molecular flexibility index (Phi) is 5.77. The van der Waals surface area contributed by atoms with Crippen molar-refractivity contribution >= 4 is 5.97 Å². The van der Waals surface area contributed by atoms with Gasteiger partial charge in [0.15, 0.2) is 11.5 Å². The number of nitrogens with zero attached hydrogens (tertiary/aromatic N) is 4. The lowest BCUT2D eigenvalue weighted by atomic mass is 10.1. The Bertz CT molecular complexity index is 1070. The van der Waals surface area contributed by atoms with E-state index in [-0.39, 0.29) is 24.1 Å². The lowest BCUT2D eigenvalue weighted by Gasteiger charge is -2.13. The molecule has 7 nitrogen and oxygen atoms in total. The van der Waals surface area contributed by atoms with Crippen molar-refractivity contribution < 1.29 is 27.4 Å². The zero-order valence-corrected chi connectivity index (χ0v) is 16.7. The fourth-order valence-corrected chi connectivity index (χ4v) is 2.95. The number of carbonyl (C=O) groups excluding carboxylic acids is 1. The second kappa shape index (κ2) is 8.13. The maximum Gasteiger partial charge on any atom is 0.434 e. The van der Waals surface area contributed by atoms with Crippen molar-refractivity contribution in [3.63, 3.8) is 0 Å². The summed E-state index contributed by atoms with van der Waals surface area (Å²) in [5, 5.41) is 3.72. The molecule has 1 aromatic carbocycles. The van der Waals surface area contributed by atoms with E-state index in [1.54, 1.807) is 12.1 Å². The second-order valence-corrected chi connectivity index (χ2v) is 6.57. The third kappa shape index (κ3) is 4.58. The molecular weight excluding hydrogens is 401 g/mol. The minimum absolute atomic E-state index is 0.0452. The number of aromatic nitrogens is 4. The molecule has 0 aliphatic rings. The molecule has 2 aromatic heterocycles. The van der Waals surface area contributed by atoms with Gasteiger partial charge >= 0.3 is 12.1 Å². The molecule has 0 amide bonds. The van der Waals surface area contributed by atoms with Crippen LogP contribution in [-0.4, -0.2) is 32.3 Å². The molecule has 158 valence electrons. The molecule has 0 saturated carbocycles. The van der Waals surface area contributed by atoms with Gasteiger partial charge in [-0.1, -0.05) is 6.07 Å². The van der Waals surface area contributed by atoms with Gasteiger partial charge in [0.05, 0.1) is 12.8 Å². The number of halogens is 3. The predicted molar refractivity (Wildman–Crippen MR) is 101 cm³/mol. The van der Waals surface area contributed by atoms with Gasteiger partial charge in [0.2, 0.25) is 5.88 Å². The van der Waals surface area contributed by atoms with E-state index < -0.39 is 23.4 Å². The van der Waals surface area contributed by atoms with Crippen LogP contribution in [0.25, 0.3) is 5.82 Å². The monoisotopic (exact) mass is 420 g/mol. The first-order chi connectivity index (χ1) is 14.1. The highest BCUT2D eigenvalue weighted by atomic mass is 19.4. The van der Waals surface area contributed by atoms with Gasteiger partial charge in [0, 0.05) is 6.07 Å². The molecule has 2 heterocycles. The number of benzene rings is 1. The van der Waals surface area contributed by atoms with Crippen molar-refractivity contribution in [2.75, 3.05) is 6.61 Å². The number of rotatable bonds is 5. The fraction of sp³-hybridized carbons (Fsp3) is 0.300. The molecule has 0 atom stereocenters. The third-order valence-electron chi connectivity index (χ3n) is 3.97. The third-order valence-corrected chi connectivity index (χ3v) is 3.97. The molecule has 3 rings (SSSR count). The number of esters is 1. The van der Waals surface area contributed by atoms with Gasteiger partial charge in [0.1, 0.15) is 17.1 Å². The number of aryl methyl sites for hydroxylation is 3. The van der Waals surface area contributed by atoms with Crippen LogP contribution in [0.2, 0.25) is 0 Å². The zero-order valence-electron chi connectivity index (χ0n) is 16.7. The lowest BCUT2D eigenvalue weighted by Crippen LogP contribution is -2.19. The zero-order chi connectivity index (χ0) is 22.1. The molecule has 0 fully saturated rings. The quantitative estimate of drug-likeness (QED) is 0.563. The van der Waals surface area contributed by atoms with Crippen LogP contribution in [0, 0.1) is 20.8 Å². The van der Waals surface area contributed by atoms with Gasteiger partial charge < -0.3 is 9.47 Å². The van der Waals surface area contributed by atoms with Crippen LogP contribution >= 0.6 is 0 Å². The Morgan fingerprint density at radius 3 is 2.33 bits per heavy atom. The van der Waals surface area contributed by atoms with E-state index >= 15 is 0 Å². The Labute approximate surface area is 170 Å². The van der Waals surface area contributed by atoms with Crippen LogP contribution in [0.5, 0.6) is 11.6 Å². The smallest absolute Gasteiger partial charge is 0.434 e. The standard InChI is InChI=1S/C20H19F3N4O3/c1-5-29-19(28)15-10-24-27(18(15)20(21,22)23)16-9-17(26-13(4)25-16)30-14-7-11(2)6-12(3)8-14/h6-10H,5H2,1-4H3. The van der Waals surface area contributed by atoms with Gasteiger partial charge in [-0.3, -0.25) is 0 Å². The number of carbonyl (C=O) groups is 1.